The molecule has 24 heavy (non-hydrogen) atoms. The third-order valence-corrected chi connectivity index (χ3v) is 5.81. The molecule has 0 radical (unpaired) electrons. The normalized spacial score (nSPS) is 23.5. The molecule has 128 valence electrons. The van der Waals surface area contributed by atoms with Gasteiger partial charge in [0.05, 0.1) is 12.1 Å². The minimum absolute atomic E-state index is 0.211. The van der Waals surface area contributed by atoms with Gasteiger partial charge >= 0.3 is 5.63 Å². The summed E-state index contributed by atoms with van der Waals surface area (Å²) < 4.78 is 5.67. The fourth-order valence-electron chi connectivity index (χ4n) is 4.30. The first-order valence-corrected chi connectivity index (χ1v) is 9.14. The van der Waals surface area contributed by atoms with Crippen molar-refractivity contribution in [3.05, 3.63) is 39.2 Å². The molecule has 1 saturated heterocycles. The molecule has 4 rings (SSSR count). The van der Waals surface area contributed by atoms with Crippen molar-refractivity contribution in [1.82, 2.24) is 0 Å². The second kappa shape index (κ2) is 6.22. The summed E-state index contributed by atoms with van der Waals surface area (Å²) >= 11 is 0. The van der Waals surface area contributed by atoms with Gasteiger partial charge in [-0.15, -0.1) is 0 Å². The lowest BCUT2D eigenvalue weighted by molar-refractivity contribution is -1.02. The molecule has 0 spiro atoms. The standard InChI is InChI=1S/C19H24N2O3/c1-2-20-8-10-21(11-9-20)12-16-17(22)7-6-14-13-4-3-5-15(13)19(23)24-18(14)16/h6-7,22H,2-5,8-12H2,1H3/p+2. The van der Waals surface area contributed by atoms with Crippen LogP contribution in [-0.4, -0.2) is 37.8 Å². The molecule has 0 atom stereocenters. The predicted molar refractivity (Wildman–Crippen MR) is 91.8 cm³/mol. The van der Waals surface area contributed by atoms with E-state index < -0.39 is 0 Å². The Labute approximate surface area is 141 Å². The van der Waals surface area contributed by atoms with Gasteiger partial charge in [0.2, 0.25) is 0 Å². The highest BCUT2D eigenvalue weighted by molar-refractivity contribution is 5.86. The lowest BCUT2D eigenvalue weighted by atomic mass is 10.0. The first-order valence-electron chi connectivity index (χ1n) is 9.14. The smallest absolute Gasteiger partial charge is 0.339 e. The SMILES string of the molecule is CC[NH+]1CC[NH+](Cc2c(O)ccc3c4c(c(=O)oc23)CCC4)CC1. The predicted octanol–water partition coefficient (Wildman–Crippen LogP) is -0.709. The van der Waals surface area contributed by atoms with E-state index in [0.717, 1.165) is 74.1 Å². The molecule has 5 heteroatoms. The largest absolute Gasteiger partial charge is 0.507 e. The van der Waals surface area contributed by atoms with Crippen LogP contribution in [0.1, 0.15) is 30.0 Å². The Morgan fingerprint density at radius 1 is 1.08 bits per heavy atom. The van der Waals surface area contributed by atoms with Gasteiger partial charge in [0.25, 0.3) is 0 Å². The Bertz CT molecular complexity index is 819. The minimum Gasteiger partial charge on any atom is -0.507 e. The summed E-state index contributed by atoms with van der Waals surface area (Å²) in [6.07, 6.45) is 2.77. The molecule has 2 aromatic rings. The van der Waals surface area contributed by atoms with Crippen molar-refractivity contribution in [2.24, 2.45) is 0 Å². The molecule has 1 aromatic carbocycles. The first-order chi connectivity index (χ1) is 11.7. The van der Waals surface area contributed by atoms with Crippen LogP contribution in [0.4, 0.5) is 0 Å². The average Bonchev–Trinajstić information content (AvgIpc) is 3.09. The van der Waals surface area contributed by atoms with E-state index in [1.54, 1.807) is 11.0 Å². The van der Waals surface area contributed by atoms with Crippen LogP contribution in [0.2, 0.25) is 0 Å². The van der Waals surface area contributed by atoms with Gasteiger partial charge in [-0.25, -0.2) is 4.79 Å². The van der Waals surface area contributed by atoms with Crippen molar-refractivity contribution in [3.63, 3.8) is 0 Å². The van der Waals surface area contributed by atoms with E-state index in [4.69, 9.17) is 4.42 Å². The number of phenols is 1. The number of aromatic hydroxyl groups is 1. The Balaban J connectivity index is 1.71. The van der Waals surface area contributed by atoms with E-state index in [0.29, 0.717) is 5.58 Å². The average molecular weight is 330 g/mol. The third kappa shape index (κ3) is 2.62. The molecule has 1 fully saturated rings. The fraction of sp³-hybridized carbons (Fsp3) is 0.526. The second-order valence-corrected chi connectivity index (χ2v) is 7.17. The zero-order valence-electron chi connectivity index (χ0n) is 14.3. The summed E-state index contributed by atoms with van der Waals surface area (Å²) in [5.41, 5.74) is 3.18. The topological polar surface area (TPSA) is 59.3 Å². The van der Waals surface area contributed by atoms with E-state index in [-0.39, 0.29) is 11.4 Å². The van der Waals surface area contributed by atoms with E-state index in [2.05, 4.69) is 6.92 Å². The summed E-state index contributed by atoms with van der Waals surface area (Å²) in [6, 6.07) is 3.68. The maximum Gasteiger partial charge on any atom is 0.339 e. The highest BCUT2D eigenvalue weighted by Gasteiger charge is 2.26. The molecule has 3 N–H and O–H groups in total. The summed E-state index contributed by atoms with van der Waals surface area (Å²) in [6.45, 7) is 8.64. The number of hydrogen-bond acceptors (Lipinski definition) is 3. The number of likely N-dealkylation sites (N-methyl/N-ethyl adjacent to an activating group) is 1. The Morgan fingerprint density at radius 2 is 1.79 bits per heavy atom. The van der Waals surface area contributed by atoms with E-state index >= 15 is 0 Å². The van der Waals surface area contributed by atoms with Crippen molar-refractivity contribution in [2.75, 3.05) is 32.7 Å². The number of hydrogen-bond donors (Lipinski definition) is 3. The molecule has 1 aliphatic heterocycles. The zero-order valence-corrected chi connectivity index (χ0v) is 14.3. The maximum absolute atomic E-state index is 12.3. The number of piperazine rings is 1. The van der Waals surface area contributed by atoms with Gasteiger partial charge in [-0.05, 0) is 43.9 Å². The van der Waals surface area contributed by atoms with Gasteiger partial charge in [-0.3, -0.25) is 0 Å². The quantitative estimate of drug-likeness (QED) is 0.652. The molecule has 1 aromatic heterocycles. The van der Waals surface area contributed by atoms with Gasteiger partial charge in [-0.1, -0.05) is 0 Å². The van der Waals surface area contributed by atoms with Crippen LogP contribution >= 0.6 is 0 Å². The number of rotatable bonds is 3. The van der Waals surface area contributed by atoms with Crippen LogP contribution in [0.15, 0.2) is 21.3 Å². The van der Waals surface area contributed by atoms with Crippen LogP contribution < -0.4 is 15.4 Å². The van der Waals surface area contributed by atoms with Crippen molar-refractivity contribution < 1.29 is 19.3 Å². The monoisotopic (exact) mass is 330 g/mol. The number of nitrogens with one attached hydrogen (secondary N) is 2. The Hall–Kier alpha value is -1.85. The van der Waals surface area contributed by atoms with Crippen LogP contribution in [0.3, 0.4) is 0 Å². The van der Waals surface area contributed by atoms with Crippen LogP contribution in [0.25, 0.3) is 11.0 Å². The van der Waals surface area contributed by atoms with Gasteiger partial charge in [0.1, 0.15) is 38.5 Å². The summed E-state index contributed by atoms with van der Waals surface area (Å²) in [5, 5.41) is 11.4. The molecule has 2 aliphatic rings. The number of fused-ring (bicyclic) bond motifs is 3. The summed E-state index contributed by atoms with van der Waals surface area (Å²) in [7, 11) is 0. The Kier molecular flexibility index (Phi) is 4.06. The van der Waals surface area contributed by atoms with E-state index in [9.17, 15) is 9.90 Å². The van der Waals surface area contributed by atoms with Crippen LogP contribution in [0, 0.1) is 0 Å². The molecular weight excluding hydrogens is 304 g/mol. The number of phenolic OH excluding ortho intramolecular Hbond substituents is 1. The fourth-order valence-corrected chi connectivity index (χ4v) is 4.30. The lowest BCUT2D eigenvalue weighted by Crippen LogP contribution is -3.27. The first kappa shape index (κ1) is 15.7. The highest BCUT2D eigenvalue weighted by atomic mass is 16.4. The van der Waals surface area contributed by atoms with Crippen LogP contribution in [-0.2, 0) is 19.4 Å². The summed E-state index contributed by atoms with van der Waals surface area (Å²) in [5.74, 6) is 0.251. The Morgan fingerprint density at radius 3 is 2.54 bits per heavy atom. The molecule has 5 nitrogen and oxygen atoms in total. The van der Waals surface area contributed by atoms with Crippen molar-refractivity contribution >= 4 is 11.0 Å². The minimum atomic E-state index is -0.211. The van der Waals surface area contributed by atoms with Crippen LogP contribution in [0.5, 0.6) is 5.75 Å². The van der Waals surface area contributed by atoms with E-state index in [1.165, 1.54) is 11.4 Å². The molecular formula is C19H26N2O3+2. The molecule has 1 aliphatic carbocycles. The molecule has 2 heterocycles. The molecule has 0 amide bonds. The van der Waals surface area contributed by atoms with Crippen molar-refractivity contribution in [3.8, 4) is 5.75 Å². The molecule has 0 bridgehead atoms. The van der Waals surface area contributed by atoms with Crippen molar-refractivity contribution in [1.29, 1.82) is 0 Å². The number of benzene rings is 1. The molecule has 0 saturated carbocycles. The van der Waals surface area contributed by atoms with Gasteiger partial charge in [0.15, 0.2) is 5.58 Å². The second-order valence-electron chi connectivity index (χ2n) is 7.17. The third-order valence-electron chi connectivity index (χ3n) is 5.81. The molecule has 0 unspecified atom stereocenters. The summed E-state index contributed by atoms with van der Waals surface area (Å²) in [4.78, 5) is 15.4. The highest BCUT2D eigenvalue weighted by Crippen LogP contribution is 2.32. The number of aryl methyl sites for hydroxylation is 1. The van der Waals surface area contributed by atoms with Crippen molar-refractivity contribution in [2.45, 2.75) is 32.7 Å². The van der Waals surface area contributed by atoms with Gasteiger partial charge < -0.3 is 19.3 Å². The van der Waals surface area contributed by atoms with Gasteiger partial charge in [0, 0.05) is 10.9 Å². The maximum atomic E-state index is 12.3. The van der Waals surface area contributed by atoms with E-state index in [1.807, 2.05) is 6.07 Å². The lowest BCUT2D eigenvalue weighted by Gasteiger charge is -2.29. The zero-order chi connectivity index (χ0) is 16.7. The van der Waals surface area contributed by atoms with Gasteiger partial charge in [-0.2, -0.15) is 0 Å². The number of quaternary nitrogens is 2.